The number of ether oxygens (including phenoxy) is 1. The summed E-state index contributed by atoms with van der Waals surface area (Å²) in [5, 5.41) is 0. The van der Waals surface area contributed by atoms with Crippen molar-refractivity contribution in [1.82, 2.24) is 9.55 Å². The van der Waals surface area contributed by atoms with Crippen LogP contribution in [0.4, 0.5) is 0 Å². The minimum atomic E-state index is -0.178. The van der Waals surface area contributed by atoms with E-state index in [0.717, 1.165) is 25.0 Å². The van der Waals surface area contributed by atoms with Crippen LogP contribution in [-0.4, -0.2) is 29.2 Å². The van der Waals surface area contributed by atoms with Crippen molar-refractivity contribution in [3.63, 3.8) is 0 Å². The summed E-state index contributed by atoms with van der Waals surface area (Å²) in [6.07, 6.45) is 7.17. The zero-order valence-electron chi connectivity index (χ0n) is 12.4. The van der Waals surface area contributed by atoms with Gasteiger partial charge in [0.2, 0.25) is 0 Å². The van der Waals surface area contributed by atoms with Gasteiger partial charge in [-0.2, -0.15) is 0 Å². The number of hydrogen-bond acceptors (Lipinski definition) is 3. The molecule has 1 atom stereocenters. The van der Waals surface area contributed by atoms with Gasteiger partial charge < -0.3 is 14.0 Å². The van der Waals surface area contributed by atoms with Crippen molar-refractivity contribution < 1.29 is 9.39 Å². The first-order chi connectivity index (χ1) is 9.00. The Hall–Kier alpha value is -0.805. The maximum Gasteiger partial charge on any atom is 0.350 e. The highest BCUT2D eigenvalue weighted by atomic mass is 16.5. The Morgan fingerprint density at radius 2 is 2.26 bits per heavy atom. The molecule has 0 N–H and O–H groups in total. The van der Waals surface area contributed by atoms with Crippen LogP contribution in [0.5, 0.6) is 0 Å². The molecule has 0 aliphatic carbocycles. The largest absolute Gasteiger partial charge is 0.428 e. The summed E-state index contributed by atoms with van der Waals surface area (Å²) in [5.41, 5.74) is 0.795. The molecule has 1 radical (unpaired) electrons. The van der Waals surface area contributed by atoms with Gasteiger partial charge in [-0.1, -0.05) is 13.8 Å². The molecule has 0 saturated carbocycles. The highest BCUT2D eigenvalue weighted by Gasteiger charge is 2.25. The molecule has 1 fully saturated rings. The molecule has 1 saturated heterocycles. The molecule has 19 heavy (non-hydrogen) atoms. The van der Waals surface area contributed by atoms with Gasteiger partial charge in [0.05, 0.1) is 6.33 Å². The fourth-order valence-electron chi connectivity index (χ4n) is 1.94. The summed E-state index contributed by atoms with van der Waals surface area (Å²) in [7, 11) is 1.81. The van der Waals surface area contributed by atoms with Gasteiger partial charge in [0.15, 0.2) is 0 Å². The van der Waals surface area contributed by atoms with E-state index >= 15 is 0 Å². The van der Waals surface area contributed by atoms with Crippen molar-refractivity contribution in [3.8, 4) is 0 Å². The zero-order chi connectivity index (χ0) is 13.9. The molecule has 1 aliphatic heterocycles. The topological polar surface area (TPSA) is 36.3 Å². The van der Waals surface area contributed by atoms with E-state index in [1.807, 2.05) is 20.0 Å². The van der Waals surface area contributed by atoms with E-state index in [4.69, 9.17) is 9.39 Å². The van der Waals surface area contributed by atoms with Crippen LogP contribution < -0.4 is 5.59 Å². The Kier molecular flexibility index (Phi) is 4.69. The first-order valence-corrected chi connectivity index (χ1v) is 7.15. The highest BCUT2D eigenvalue weighted by Crippen LogP contribution is 2.22. The van der Waals surface area contributed by atoms with E-state index in [-0.39, 0.29) is 11.8 Å². The Morgan fingerprint density at radius 1 is 1.47 bits per heavy atom. The van der Waals surface area contributed by atoms with Crippen LogP contribution in [-0.2, 0) is 9.39 Å². The number of rotatable bonds is 5. The van der Waals surface area contributed by atoms with Crippen molar-refractivity contribution in [1.29, 1.82) is 0 Å². The summed E-state index contributed by atoms with van der Waals surface area (Å²) >= 11 is 0. The van der Waals surface area contributed by atoms with Gasteiger partial charge in [-0.15, -0.1) is 0 Å². The van der Waals surface area contributed by atoms with Crippen molar-refractivity contribution >= 4 is 13.1 Å². The average molecular weight is 263 g/mol. The molecule has 0 spiro atoms. The molecule has 1 aromatic heterocycles. The first-order valence-electron chi connectivity index (χ1n) is 7.15. The summed E-state index contributed by atoms with van der Waals surface area (Å²) in [6, 6.07) is 0. The Balaban J connectivity index is 1.99. The van der Waals surface area contributed by atoms with E-state index in [9.17, 15) is 0 Å². The normalized spacial score (nSPS) is 20.8. The van der Waals surface area contributed by atoms with Crippen LogP contribution in [0.15, 0.2) is 12.5 Å². The first kappa shape index (κ1) is 14.6. The molecule has 2 heterocycles. The fourth-order valence-corrected chi connectivity index (χ4v) is 1.94. The number of hydrogen-bond donors (Lipinski definition) is 0. The van der Waals surface area contributed by atoms with Gasteiger partial charge >= 0.3 is 7.48 Å². The zero-order valence-corrected chi connectivity index (χ0v) is 12.4. The quantitative estimate of drug-likeness (QED) is 0.765. The Labute approximate surface area is 116 Å². The molecular formula is C14H24BN2O2. The minimum Gasteiger partial charge on any atom is -0.428 e. The predicted molar refractivity (Wildman–Crippen MR) is 76.5 cm³/mol. The molecular weight excluding hydrogens is 239 g/mol. The van der Waals surface area contributed by atoms with Crippen LogP contribution >= 0.6 is 0 Å². The average Bonchev–Trinajstić information content (AvgIpc) is 2.85. The molecule has 0 amide bonds. The van der Waals surface area contributed by atoms with Gasteiger partial charge in [0.1, 0.15) is 6.23 Å². The van der Waals surface area contributed by atoms with Crippen molar-refractivity contribution in [3.05, 3.63) is 12.5 Å². The van der Waals surface area contributed by atoms with Gasteiger partial charge in [-0.05, 0) is 39.0 Å². The van der Waals surface area contributed by atoms with E-state index < -0.39 is 0 Å². The second kappa shape index (κ2) is 6.10. The molecule has 105 valence electrons. The molecule has 1 aromatic rings. The Bertz CT molecular complexity index is 398. The number of aromatic nitrogens is 2. The summed E-state index contributed by atoms with van der Waals surface area (Å²) in [5.74, 6) is 0.450. The second-order valence-corrected chi connectivity index (χ2v) is 6.04. The Morgan fingerprint density at radius 3 is 2.89 bits per heavy atom. The maximum absolute atomic E-state index is 5.93. The second-order valence-electron chi connectivity index (χ2n) is 6.04. The van der Waals surface area contributed by atoms with Crippen LogP contribution in [0.1, 0.15) is 53.2 Å². The van der Waals surface area contributed by atoms with Crippen LogP contribution in [0.3, 0.4) is 0 Å². The van der Waals surface area contributed by atoms with Gasteiger partial charge in [-0.3, -0.25) is 0 Å². The molecule has 4 nitrogen and oxygen atoms in total. The summed E-state index contributed by atoms with van der Waals surface area (Å²) in [4.78, 5) is 4.21. The lowest BCUT2D eigenvalue weighted by atomic mass is 9.88. The van der Waals surface area contributed by atoms with E-state index in [1.54, 1.807) is 0 Å². The van der Waals surface area contributed by atoms with Crippen molar-refractivity contribution in [2.24, 2.45) is 5.92 Å². The summed E-state index contributed by atoms with van der Waals surface area (Å²) < 4.78 is 13.8. The van der Waals surface area contributed by atoms with Crippen molar-refractivity contribution in [2.75, 3.05) is 6.61 Å². The molecule has 2 rings (SSSR count). The van der Waals surface area contributed by atoms with E-state index in [2.05, 4.69) is 37.2 Å². The standard InChI is InChI=1S/C14H24BN2O2/c1-11(2)14(3,4)19-15-12-9-16-10-17(12)13-7-5-6-8-18-13/h9-11,13H,5-8H2,1-4H3. The SMILES string of the molecule is CC(C)C(C)(C)O[B]c1cncn1C1CCCCO1. The van der Waals surface area contributed by atoms with Gasteiger partial charge in [-0.25, -0.2) is 4.98 Å². The van der Waals surface area contributed by atoms with Gasteiger partial charge in [0.25, 0.3) is 0 Å². The van der Waals surface area contributed by atoms with E-state index in [0.29, 0.717) is 5.92 Å². The third-order valence-corrected chi connectivity index (χ3v) is 4.04. The monoisotopic (exact) mass is 263 g/mol. The molecule has 5 heteroatoms. The predicted octanol–water partition coefficient (Wildman–Crippen LogP) is 2.28. The number of nitrogens with zero attached hydrogens (tertiary/aromatic N) is 2. The summed E-state index contributed by atoms with van der Waals surface area (Å²) in [6.45, 7) is 9.36. The van der Waals surface area contributed by atoms with Gasteiger partial charge in [0, 0.05) is 24.0 Å². The minimum absolute atomic E-state index is 0.105. The van der Waals surface area contributed by atoms with Crippen molar-refractivity contribution in [2.45, 2.75) is 58.8 Å². The third-order valence-electron chi connectivity index (χ3n) is 4.04. The van der Waals surface area contributed by atoms with Crippen LogP contribution in [0, 0.1) is 5.92 Å². The van der Waals surface area contributed by atoms with E-state index in [1.165, 1.54) is 6.42 Å². The fraction of sp³-hybridized carbons (Fsp3) is 0.786. The smallest absolute Gasteiger partial charge is 0.350 e. The lowest BCUT2D eigenvalue weighted by Crippen LogP contribution is -2.39. The maximum atomic E-state index is 5.93. The highest BCUT2D eigenvalue weighted by molar-refractivity contribution is 6.45. The third kappa shape index (κ3) is 3.60. The lowest BCUT2D eigenvalue weighted by molar-refractivity contribution is -0.0306. The lowest BCUT2D eigenvalue weighted by Gasteiger charge is -2.31. The molecule has 1 unspecified atom stereocenters. The number of imidazole rings is 1. The molecule has 1 aliphatic rings. The van der Waals surface area contributed by atoms with Crippen LogP contribution in [0.25, 0.3) is 0 Å². The molecule has 0 bridgehead atoms. The molecule has 0 aromatic carbocycles. The van der Waals surface area contributed by atoms with Crippen LogP contribution in [0.2, 0.25) is 0 Å².